The molecule has 0 amide bonds. The highest BCUT2D eigenvalue weighted by Gasteiger charge is 2.17. The summed E-state index contributed by atoms with van der Waals surface area (Å²) in [6.07, 6.45) is 14.4. The maximum atomic E-state index is 5.26. The molecule has 37 heavy (non-hydrogen) atoms. The van der Waals surface area contributed by atoms with Crippen LogP contribution in [-0.4, -0.2) is 36.7 Å². The molecule has 184 valence electrons. The van der Waals surface area contributed by atoms with E-state index < -0.39 is 0 Å². The number of imidazole rings is 1. The first-order valence-electron chi connectivity index (χ1n) is 12.8. The van der Waals surface area contributed by atoms with E-state index >= 15 is 0 Å². The molecule has 0 spiro atoms. The standard InChI is InChI=1S/C29H27N7O/c1-2-4-18(3-1)13-30-14-19-11-22(16-31-15-19)20-5-6-24-23(12-20)27(36-35-24)29-33-25-7-9-32-26(28(25)34-29)21-8-10-37-17-21/h5-12,15-18,30H,1-4,13-14H2,(H,33,34)(H,35,36). The molecule has 8 nitrogen and oxygen atoms in total. The molecule has 8 heteroatoms. The van der Waals surface area contributed by atoms with Crippen molar-refractivity contribution in [2.75, 3.05) is 6.54 Å². The van der Waals surface area contributed by atoms with Crippen molar-refractivity contribution < 1.29 is 4.42 Å². The summed E-state index contributed by atoms with van der Waals surface area (Å²) < 4.78 is 5.26. The van der Waals surface area contributed by atoms with E-state index in [1.165, 1.54) is 31.2 Å². The number of aromatic amines is 2. The van der Waals surface area contributed by atoms with Crippen LogP contribution in [0.25, 0.3) is 55.8 Å². The van der Waals surface area contributed by atoms with Crippen molar-refractivity contribution in [2.45, 2.75) is 32.2 Å². The lowest BCUT2D eigenvalue weighted by atomic mass is 10.0. The van der Waals surface area contributed by atoms with Gasteiger partial charge in [0.05, 0.1) is 23.6 Å². The van der Waals surface area contributed by atoms with Gasteiger partial charge in [0.15, 0.2) is 5.82 Å². The molecule has 1 saturated carbocycles. The molecule has 5 aromatic heterocycles. The third-order valence-corrected chi connectivity index (χ3v) is 7.35. The highest BCUT2D eigenvalue weighted by molar-refractivity contribution is 5.97. The van der Waals surface area contributed by atoms with Crippen molar-refractivity contribution in [3.63, 3.8) is 0 Å². The number of nitrogens with zero attached hydrogens (tertiary/aromatic N) is 4. The fraction of sp³-hybridized carbons (Fsp3) is 0.241. The van der Waals surface area contributed by atoms with Gasteiger partial charge in [-0.05, 0) is 66.8 Å². The van der Waals surface area contributed by atoms with Crippen molar-refractivity contribution in [2.24, 2.45) is 5.92 Å². The lowest BCUT2D eigenvalue weighted by Gasteiger charge is -2.11. The number of H-pyrrole nitrogens is 2. The number of aromatic nitrogens is 6. The highest BCUT2D eigenvalue weighted by atomic mass is 16.3. The first kappa shape index (κ1) is 21.9. The molecule has 1 fully saturated rings. The van der Waals surface area contributed by atoms with Gasteiger partial charge in [0.25, 0.3) is 0 Å². The van der Waals surface area contributed by atoms with Crippen molar-refractivity contribution in [3.05, 3.63) is 73.1 Å². The van der Waals surface area contributed by atoms with E-state index in [1.807, 2.05) is 24.5 Å². The summed E-state index contributed by atoms with van der Waals surface area (Å²) in [4.78, 5) is 17.4. The largest absolute Gasteiger partial charge is 0.472 e. The van der Waals surface area contributed by atoms with Gasteiger partial charge in [-0.15, -0.1) is 0 Å². The van der Waals surface area contributed by atoms with Crippen LogP contribution in [0.4, 0.5) is 0 Å². The number of benzene rings is 1. The minimum absolute atomic E-state index is 0.694. The third-order valence-electron chi connectivity index (χ3n) is 7.35. The Morgan fingerprint density at radius 2 is 1.89 bits per heavy atom. The smallest absolute Gasteiger partial charge is 0.159 e. The molecule has 0 aliphatic heterocycles. The van der Waals surface area contributed by atoms with E-state index in [0.29, 0.717) is 5.82 Å². The maximum Gasteiger partial charge on any atom is 0.159 e. The minimum atomic E-state index is 0.694. The molecule has 0 unspecified atom stereocenters. The summed E-state index contributed by atoms with van der Waals surface area (Å²) in [5.41, 5.74) is 8.45. The van der Waals surface area contributed by atoms with Gasteiger partial charge in [-0.2, -0.15) is 5.10 Å². The molecule has 0 atom stereocenters. The fourth-order valence-corrected chi connectivity index (χ4v) is 5.41. The molecule has 3 N–H and O–H groups in total. The van der Waals surface area contributed by atoms with Crippen LogP contribution in [0.5, 0.6) is 0 Å². The number of hydrogen-bond donors (Lipinski definition) is 3. The zero-order valence-corrected chi connectivity index (χ0v) is 20.4. The molecule has 0 bridgehead atoms. The number of hydrogen-bond acceptors (Lipinski definition) is 6. The summed E-state index contributed by atoms with van der Waals surface area (Å²) in [5, 5.41) is 12.4. The van der Waals surface area contributed by atoms with Crippen LogP contribution in [0.3, 0.4) is 0 Å². The average molecular weight is 490 g/mol. The van der Waals surface area contributed by atoms with E-state index in [4.69, 9.17) is 9.40 Å². The molecule has 1 aliphatic carbocycles. The van der Waals surface area contributed by atoms with Gasteiger partial charge in [0, 0.05) is 41.6 Å². The quantitative estimate of drug-likeness (QED) is 0.250. The lowest BCUT2D eigenvalue weighted by Crippen LogP contribution is -2.20. The molecule has 0 radical (unpaired) electrons. The van der Waals surface area contributed by atoms with E-state index in [1.54, 1.807) is 18.7 Å². The first-order chi connectivity index (χ1) is 18.3. The number of pyridine rings is 2. The van der Waals surface area contributed by atoms with Gasteiger partial charge >= 0.3 is 0 Å². The summed E-state index contributed by atoms with van der Waals surface area (Å²) in [6, 6.07) is 12.4. The summed E-state index contributed by atoms with van der Waals surface area (Å²) in [5.74, 6) is 1.52. The predicted octanol–water partition coefficient (Wildman–Crippen LogP) is 6.10. The van der Waals surface area contributed by atoms with E-state index in [2.05, 4.69) is 54.7 Å². The van der Waals surface area contributed by atoms with Gasteiger partial charge < -0.3 is 14.7 Å². The Balaban J connectivity index is 1.20. The Hall–Kier alpha value is -4.30. The molecule has 6 aromatic rings. The number of fused-ring (bicyclic) bond motifs is 2. The Bertz CT molecular complexity index is 1680. The molecule has 1 aliphatic rings. The topological polar surface area (TPSA) is 108 Å². The predicted molar refractivity (Wildman–Crippen MR) is 144 cm³/mol. The minimum Gasteiger partial charge on any atom is -0.472 e. The van der Waals surface area contributed by atoms with Crippen LogP contribution in [-0.2, 0) is 6.54 Å². The normalized spacial score (nSPS) is 14.3. The van der Waals surface area contributed by atoms with Gasteiger partial charge in [-0.1, -0.05) is 18.9 Å². The van der Waals surface area contributed by atoms with Crippen LogP contribution < -0.4 is 5.32 Å². The Morgan fingerprint density at radius 3 is 2.78 bits per heavy atom. The zero-order valence-electron chi connectivity index (χ0n) is 20.4. The number of furan rings is 1. The van der Waals surface area contributed by atoms with Gasteiger partial charge in [-0.25, -0.2) is 4.98 Å². The monoisotopic (exact) mass is 489 g/mol. The van der Waals surface area contributed by atoms with E-state index in [0.717, 1.165) is 69.0 Å². The van der Waals surface area contributed by atoms with E-state index in [9.17, 15) is 0 Å². The Morgan fingerprint density at radius 1 is 0.946 bits per heavy atom. The molecular formula is C29H27N7O. The number of rotatable bonds is 7. The summed E-state index contributed by atoms with van der Waals surface area (Å²) in [7, 11) is 0. The summed E-state index contributed by atoms with van der Waals surface area (Å²) >= 11 is 0. The highest BCUT2D eigenvalue weighted by Crippen LogP contribution is 2.32. The van der Waals surface area contributed by atoms with Gasteiger partial charge in [0.1, 0.15) is 16.9 Å². The second-order valence-electron chi connectivity index (χ2n) is 9.85. The second-order valence-corrected chi connectivity index (χ2v) is 9.85. The Kier molecular flexibility index (Phi) is 5.51. The molecule has 5 heterocycles. The van der Waals surface area contributed by atoms with Crippen LogP contribution in [0, 0.1) is 5.92 Å². The second kappa shape index (κ2) is 9.29. The fourth-order valence-electron chi connectivity index (χ4n) is 5.41. The van der Waals surface area contributed by atoms with Gasteiger partial charge in [-0.3, -0.25) is 15.1 Å². The summed E-state index contributed by atoms with van der Waals surface area (Å²) in [6.45, 7) is 1.92. The SMILES string of the molecule is c1cc2[nH]c(-c3n[nH]c4ccc(-c5cncc(CNCC6CCCC6)c5)cc34)nc2c(-c2ccoc2)n1. The number of nitrogens with one attached hydrogen (secondary N) is 3. The van der Waals surface area contributed by atoms with Crippen molar-refractivity contribution in [3.8, 4) is 33.9 Å². The van der Waals surface area contributed by atoms with Crippen LogP contribution >= 0.6 is 0 Å². The van der Waals surface area contributed by atoms with Gasteiger partial charge in [0.2, 0.25) is 0 Å². The molecular weight excluding hydrogens is 462 g/mol. The van der Waals surface area contributed by atoms with Crippen molar-refractivity contribution in [1.82, 2.24) is 35.5 Å². The van der Waals surface area contributed by atoms with Crippen molar-refractivity contribution in [1.29, 1.82) is 0 Å². The van der Waals surface area contributed by atoms with Crippen molar-refractivity contribution >= 4 is 21.9 Å². The Labute approximate surface area is 213 Å². The third kappa shape index (κ3) is 4.19. The molecule has 0 saturated heterocycles. The van der Waals surface area contributed by atoms with Crippen LogP contribution in [0.1, 0.15) is 31.2 Å². The van der Waals surface area contributed by atoms with Crippen LogP contribution in [0.2, 0.25) is 0 Å². The van der Waals surface area contributed by atoms with E-state index in [-0.39, 0.29) is 0 Å². The molecule has 7 rings (SSSR count). The maximum absolute atomic E-state index is 5.26. The lowest BCUT2D eigenvalue weighted by molar-refractivity contribution is 0.489. The average Bonchev–Trinajstić information content (AvgIpc) is 3.74. The first-order valence-corrected chi connectivity index (χ1v) is 12.8. The van der Waals surface area contributed by atoms with Crippen LogP contribution in [0.15, 0.2) is 71.9 Å². The molecule has 1 aromatic carbocycles. The zero-order chi connectivity index (χ0) is 24.6.